The molecule has 0 aromatic heterocycles. The first-order valence-electron chi connectivity index (χ1n) is 6.04. The number of amides is 1. The van der Waals surface area contributed by atoms with Gasteiger partial charge in [0.05, 0.1) is 23.7 Å². The first-order chi connectivity index (χ1) is 9.13. The van der Waals surface area contributed by atoms with Crippen molar-refractivity contribution >= 4 is 27.5 Å². The highest BCUT2D eigenvalue weighted by atomic mass is 79.9. The Hall–Kier alpha value is -1.11. The van der Waals surface area contributed by atoms with Crippen LogP contribution in [-0.4, -0.2) is 38.8 Å². The second-order valence-electron chi connectivity index (χ2n) is 4.39. The minimum Gasteiger partial charge on any atom is -0.495 e. The molecule has 1 aliphatic rings. The minimum atomic E-state index is -0.209. The van der Waals surface area contributed by atoms with Crippen LogP contribution in [0.15, 0.2) is 22.7 Å². The number of halogens is 1. The van der Waals surface area contributed by atoms with Crippen molar-refractivity contribution in [2.24, 2.45) is 0 Å². The van der Waals surface area contributed by atoms with Crippen molar-refractivity contribution in [1.82, 2.24) is 5.32 Å². The fourth-order valence-corrected chi connectivity index (χ4v) is 2.46. The number of carbonyl (C=O) groups is 1. The standard InChI is InChI=1S/C13H17BrN2O3/c1-18-9-6-11(15-7-9)13(17)16-8-3-4-10(14)12(5-8)19-2/h3-5,9,11,15H,6-7H2,1-2H3,(H,16,17). The summed E-state index contributed by atoms with van der Waals surface area (Å²) in [6, 6.07) is 5.24. The Labute approximate surface area is 120 Å². The van der Waals surface area contributed by atoms with E-state index in [0.29, 0.717) is 24.4 Å². The Morgan fingerprint density at radius 1 is 1.47 bits per heavy atom. The summed E-state index contributed by atoms with van der Waals surface area (Å²) >= 11 is 3.37. The lowest BCUT2D eigenvalue weighted by molar-refractivity contribution is -0.118. The second kappa shape index (κ2) is 6.36. The molecule has 19 heavy (non-hydrogen) atoms. The van der Waals surface area contributed by atoms with Gasteiger partial charge in [-0.1, -0.05) is 0 Å². The Kier molecular flexibility index (Phi) is 4.79. The third kappa shape index (κ3) is 3.46. The Morgan fingerprint density at radius 2 is 2.26 bits per heavy atom. The van der Waals surface area contributed by atoms with Gasteiger partial charge in [0.15, 0.2) is 0 Å². The van der Waals surface area contributed by atoms with E-state index in [9.17, 15) is 4.79 Å². The number of hydrogen-bond donors (Lipinski definition) is 2. The van der Waals surface area contributed by atoms with E-state index in [1.54, 1.807) is 20.3 Å². The number of nitrogens with one attached hydrogen (secondary N) is 2. The van der Waals surface area contributed by atoms with Crippen LogP contribution in [0.1, 0.15) is 6.42 Å². The maximum atomic E-state index is 12.1. The first kappa shape index (κ1) is 14.3. The number of benzene rings is 1. The van der Waals surface area contributed by atoms with Crippen LogP contribution in [0.3, 0.4) is 0 Å². The summed E-state index contributed by atoms with van der Waals surface area (Å²) in [6.07, 6.45) is 0.797. The van der Waals surface area contributed by atoms with Crippen LogP contribution in [0.5, 0.6) is 5.75 Å². The molecule has 0 aliphatic carbocycles. The zero-order valence-corrected chi connectivity index (χ0v) is 12.5. The van der Waals surface area contributed by atoms with Crippen molar-refractivity contribution < 1.29 is 14.3 Å². The van der Waals surface area contributed by atoms with Crippen LogP contribution in [0.4, 0.5) is 5.69 Å². The van der Waals surface area contributed by atoms with Gasteiger partial charge in [0.25, 0.3) is 0 Å². The molecule has 1 aromatic rings. The summed E-state index contributed by atoms with van der Waals surface area (Å²) in [7, 11) is 3.25. The van der Waals surface area contributed by atoms with Gasteiger partial charge in [0.1, 0.15) is 5.75 Å². The van der Waals surface area contributed by atoms with E-state index in [1.807, 2.05) is 12.1 Å². The van der Waals surface area contributed by atoms with Gasteiger partial charge in [-0.15, -0.1) is 0 Å². The molecule has 0 bridgehead atoms. The molecule has 2 N–H and O–H groups in total. The Balaban J connectivity index is 1.99. The molecule has 1 aromatic carbocycles. The van der Waals surface area contributed by atoms with Gasteiger partial charge in [0.2, 0.25) is 5.91 Å². The fraction of sp³-hybridized carbons (Fsp3) is 0.462. The summed E-state index contributed by atoms with van der Waals surface area (Å²) in [6.45, 7) is 0.707. The maximum Gasteiger partial charge on any atom is 0.241 e. The summed E-state index contributed by atoms with van der Waals surface area (Å²) in [5.74, 6) is 0.635. The lowest BCUT2D eigenvalue weighted by atomic mass is 10.2. The average molecular weight is 329 g/mol. The lowest BCUT2D eigenvalue weighted by Gasteiger charge is -2.12. The number of rotatable bonds is 4. The smallest absolute Gasteiger partial charge is 0.241 e. The molecule has 2 rings (SSSR count). The third-order valence-corrected chi connectivity index (χ3v) is 3.81. The van der Waals surface area contributed by atoms with Crippen LogP contribution < -0.4 is 15.4 Å². The highest BCUT2D eigenvalue weighted by Crippen LogP contribution is 2.28. The molecule has 1 saturated heterocycles. The van der Waals surface area contributed by atoms with Crippen molar-refractivity contribution in [2.75, 3.05) is 26.1 Å². The van der Waals surface area contributed by atoms with Gasteiger partial charge in [-0.2, -0.15) is 0 Å². The molecule has 1 aliphatic heterocycles. The minimum absolute atomic E-state index is 0.0519. The van der Waals surface area contributed by atoms with E-state index in [-0.39, 0.29) is 18.1 Å². The number of carbonyl (C=O) groups excluding carboxylic acids is 1. The quantitative estimate of drug-likeness (QED) is 0.884. The van der Waals surface area contributed by atoms with Gasteiger partial charge in [0, 0.05) is 25.4 Å². The van der Waals surface area contributed by atoms with Crippen molar-refractivity contribution in [3.05, 3.63) is 22.7 Å². The molecule has 104 valence electrons. The van der Waals surface area contributed by atoms with Crippen molar-refractivity contribution in [3.8, 4) is 5.75 Å². The summed E-state index contributed by atoms with van der Waals surface area (Å²) in [4.78, 5) is 12.1. The van der Waals surface area contributed by atoms with E-state index in [0.717, 1.165) is 4.47 Å². The number of anilines is 1. The number of ether oxygens (including phenoxy) is 2. The molecule has 1 amide bonds. The highest BCUT2D eigenvalue weighted by molar-refractivity contribution is 9.10. The van der Waals surface area contributed by atoms with Crippen LogP contribution in [-0.2, 0) is 9.53 Å². The lowest BCUT2D eigenvalue weighted by Crippen LogP contribution is -2.35. The molecule has 0 saturated carbocycles. The molecule has 1 heterocycles. The average Bonchev–Trinajstić information content (AvgIpc) is 2.90. The fourth-order valence-electron chi connectivity index (χ4n) is 2.05. The summed E-state index contributed by atoms with van der Waals surface area (Å²) in [5.41, 5.74) is 0.715. The summed E-state index contributed by atoms with van der Waals surface area (Å²) < 4.78 is 11.3. The Morgan fingerprint density at radius 3 is 2.89 bits per heavy atom. The largest absolute Gasteiger partial charge is 0.495 e. The first-order valence-corrected chi connectivity index (χ1v) is 6.84. The predicted molar refractivity (Wildman–Crippen MR) is 76.5 cm³/mol. The number of hydrogen-bond acceptors (Lipinski definition) is 4. The zero-order valence-electron chi connectivity index (χ0n) is 10.9. The monoisotopic (exact) mass is 328 g/mol. The van der Waals surface area contributed by atoms with E-state index in [1.165, 1.54) is 0 Å². The van der Waals surface area contributed by atoms with E-state index < -0.39 is 0 Å². The van der Waals surface area contributed by atoms with Gasteiger partial charge in [-0.05, 0) is 34.5 Å². The Bertz CT molecular complexity index is 467. The molecule has 2 atom stereocenters. The van der Waals surface area contributed by atoms with Crippen LogP contribution in [0.25, 0.3) is 0 Å². The second-order valence-corrected chi connectivity index (χ2v) is 5.25. The molecule has 0 spiro atoms. The van der Waals surface area contributed by atoms with E-state index in [4.69, 9.17) is 9.47 Å². The molecule has 6 heteroatoms. The topological polar surface area (TPSA) is 59.6 Å². The van der Waals surface area contributed by atoms with Crippen molar-refractivity contribution in [3.63, 3.8) is 0 Å². The van der Waals surface area contributed by atoms with Crippen LogP contribution >= 0.6 is 15.9 Å². The van der Waals surface area contributed by atoms with Gasteiger partial charge < -0.3 is 20.1 Å². The molecular weight excluding hydrogens is 312 g/mol. The SMILES string of the molecule is COc1cc(NC(=O)C2CC(OC)CN2)ccc1Br. The molecule has 0 radical (unpaired) electrons. The van der Waals surface area contributed by atoms with E-state index in [2.05, 4.69) is 26.6 Å². The van der Waals surface area contributed by atoms with Crippen molar-refractivity contribution in [2.45, 2.75) is 18.6 Å². The number of methoxy groups -OCH3 is 2. The summed E-state index contributed by atoms with van der Waals surface area (Å²) in [5, 5.41) is 6.01. The predicted octanol–water partition coefficient (Wildman–Crippen LogP) is 1.77. The van der Waals surface area contributed by atoms with Gasteiger partial charge in [-0.25, -0.2) is 0 Å². The molecule has 1 fully saturated rings. The molecule has 2 unspecified atom stereocenters. The maximum absolute atomic E-state index is 12.1. The molecule has 5 nitrogen and oxygen atoms in total. The van der Waals surface area contributed by atoms with E-state index >= 15 is 0 Å². The normalized spacial score (nSPS) is 22.3. The van der Waals surface area contributed by atoms with Gasteiger partial charge >= 0.3 is 0 Å². The molecular formula is C13H17BrN2O3. The van der Waals surface area contributed by atoms with Gasteiger partial charge in [-0.3, -0.25) is 4.79 Å². The van der Waals surface area contributed by atoms with Crippen LogP contribution in [0.2, 0.25) is 0 Å². The van der Waals surface area contributed by atoms with Crippen molar-refractivity contribution in [1.29, 1.82) is 0 Å². The highest BCUT2D eigenvalue weighted by Gasteiger charge is 2.29. The van der Waals surface area contributed by atoms with Crippen LogP contribution in [0, 0.1) is 0 Å². The third-order valence-electron chi connectivity index (χ3n) is 3.16. The zero-order chi connectivity index (χ0) is 13.8.